The molecule has 34 heavy (non-hydrogen) atoms. The van der Waals surface area contributed by atoms with Crippen molar-refractivity contribution in [2.24, 2.45) is 5.92 Å². The standard InChI is InChI=1S/C28H20N2O4/c1-13-3-7-23-17(9-13)25(31)19-11-15-16-12-20-26(32)18-10-14(2)4-8-24(18)34-28(20)30-22(16)6-5-21(15)29-27(19)33-23/h3-4,7-12,17,23H,5-6H2,1-2H3. The van der Waals surface area contributed by atoms with Crippen LogP contribution in [0.3, 0.4) is 0 Å². The molecule has 0 N–H and O–H groups in total. The highest BCUT2D eigenvalue weighted by molar-refractivity contribution is 6.04. The predicted octanol–water partition coefficient (Wildman–Crippen LogP) is 4.89. The van der Waals surface area contributed by atoms with Crippen LogP contribution in [-0.4, -0.2) is 21.9 Å². The van der Waals surface area contributed by atoms with Crippen molar-refractivity contribution in [1.82, 2.24) is 9.97 Å². The number of carbonyl (C=O) groups is 1. The molecule has 7 rings (SSSR count). The van der Waals surface area contributed by atoms with Crippen molar-refractivity contribution in [2.75, 3.05) is 0 Å². The maximum atomic E-state index is 13.4. The molecule has 166 valence electrons. The zero-order valence-electron chi connectivity index (χ0n) is 18.7. The van der Waals surface area contributed by atoms with Crippen LogP contribution in [0.15, 0.2) is 63.3 Å². The Morgan fingerprint density at radius 1 is 0.912 bits per heavy atom. The molecule has 1 aliphatic heterocycles. The highest BCUT2D eigenvalue weighted by Crippen LogP contribution is 2.40. The van der Waals surface area contributed by atoms with E-state index in [2.05, 4.69) is 0 Å². The van der Waals surface area contributed by atoms with Gasteiger partial charge >= 0.3 is 0 Å². The summed E-state index contributed by atoms with van der Waals surface area (Å²) in [6, 6.07) is 9.29. The number of aromatic nitrogens is 2. The number of Topliss-reactive ketones (excluding diaryl/α,β-unsaturated/α-hetero) is 1. The van der Waals surface area contributed by atoms with Crippen LogP contribution in [0.2, 0.25) is 0 Å². The molecule has 2 unspecified atom stereocenters. The molecule has 0 saturated carbocycles. The Morgan fingerprint density at radius 2 is 1.71 bits per heavy atom. The van der Waals surface area contributed by atoms with E-state index in [0.717, 1.165) is 33.7 Å². The average Bonchev–Trinajstić information content (AvgIpc) is 2.83. The van der Waals surface area contributed by atoms with Gasteiger partial charge in [0.05, 0.1) is 33.6 Å². The summed E-state index contributed by atoms with van der Waals surface area (Å²) in [4.78, 5) is 36.1. The molecule has 2 aliphatic carbocycles. The van der Waals surface area contributed by atoms with Gasteiger partial charge in [-0.15, -0.1) is 0 Å². The van der Waals surface area contributed by atoms with Crippen molar-refractivity contribution in [3.63, 3.8) is 0 Å². The molecule has 3 aliphatic rings. The molecular formula is C28H20N2O4. The van der Waals surface area contributed by atoms with E-state index in [1.807, 2.05) is 62.4 Å². The van der Waals surface area contributed by atoms with E-state index in [1.165, 1.54) is 0 Å². The van der Waals surface area contributed by atoms with Gasteiger partial charge in [-0.1, -0.05) is 29.4 Å². The Kier molecular flexibility index (Phi) is 3.84. The molecule has 0 fully saturated rings. The minimum atomic E-state index is -0.350. The van der Waals surface area contributed by atoms with Gasteiger partial charge in [-0.3, -0.25) is 9.59 Å². The average molecular weight is 448 g/mol. The number of hydrogen-bond donors (Lipinski definition) is 0. The lowest BCUT2D eigenvalue weighted by Gasteiger charge is -2.31. The summed E-state index contributed by atoms with van der Waals surface area (Å²) in [7, 11) is 0. The second-order valence-corrected chi connectivity index (χ2v) is 9.34. The normalized spacial score (nSPS) is 20.3. The van der Waals surface area contributed by atoms with Crippen LogP contribution in [-0.2, 0) is 12.8 Å². The van der Waals surface area contributed by atoms with Gasteiger partial charge in [0.15, 0.2) is 5.78 Å². The summed E-state index contributed by atoms with van der Waals surface area (Å²) in [5, 5.41) is 0.969. The Morgan fingerprint density at radius 3 is 2.56 bits per heavy atom. The second kappa shape index (κ2) is 6.73. The van der Waals surface area contributed by atoms with Gasteiger partial charge in [0.1, 0.15) is 11.7 Å². The zero-order chi connectivity index (χ0) is 23.1. The Labute approximate surface area is 194 Å². The molecule has 0 amide bonds. The molecule has 0 saturated heterocycles. The van der Waals surface area contributed by atoms with Gasteiger partial charge in [-0.2, -0.15) is 0 Å². The summed E-state index contributed by atoms with van der Waals surface area (Å²) >= 11 is 0. The summed E-state index contributed by atoms with van der Waals surface area (Å²) in [5.74, 6) is 0.0460. The third kappa shape index (κ3) is 2.68. The van der Waals surface area contributed by atoms with Crippen LogP contribution < -0.4 is 10.2 Å². The first kappa shape index (κ1) is 19.4. The Bertz CT molecular complexity index is 1710. The smallest absolute Gasteiger partial charge is 0.230 e. The van der Waals surface area contributed by atoms with Crippen LogP contribution in [0.4, 0.5) is 0 Å². The summed E-state index contributed by atoms with van der Waals surface area (Å²) in [6.45, 7) is 3.92. The van der Waals surface area contributed by atoms with Crippen LogP contribution in [0.25, 0.3) is 33.2 Å². The van der Waals surface area contributed by atoms with Crippen molar-refractivity contribution < 1.29 is 13.9 Å². The predicted molar refractivity (Wildman–Crippen MR) is 128 cm³/mol. The van der Waals surface area contributed by atoms with Gasteiger partial charge in [0.25, 0.3) is 0 Å². The van der Waals surface area contributed by atoms with E-state index in [1.54, 1.807) is 0 Å². The molecule has 6 heteroatoms. The van der Waals surface area contributed by atoms with E-state index >= 15 is 0 Å². The van der Waals surface area contributed by atoms with Crippen molar-refractivity contribution >= 4 is 27.9 Å². The minimum absolute atomic E-state index is 0.00658. The topological polar surface area (TPSA) is 82.3 Å². The molecule has 0 radical (unpaired) electrons. The van der Waals surface area contributed by atoms with E-state index in [4.69, 9.17) is 19.1 Å². The first-order valence-corrected chi connectivity index (χ1v) is 11.4. The lowest BCUT2D eigenvalue weighted by Crippen LogP contribution is -2.37. The molecule has 0 bridgehead atoms. The molecular weight excluding hydrogens is 428 g/mol. The van der Waals surface area contributed by atoms with E-state index in [-0.39, 0.29) is 23.2 Å². The molecule has 2 atom stereocenters. The molecule has 1 aromatic carbocycles. The largest absolute Gasteiger partial charge is 0.468 e. The van der Waals surface area contributed by atoms with Crippen molar-refractivity contribution in [1.29, 1.82) is 0 Å². The van der Waals surface area contributed by atoms with Gasteiger partial charge in [-0.05, 0) is 57.0 Å². The number of aryl methyl sites for hydroxylation is 3. The van der Waals surface area contributed by atoms with E-state index < -0.39 is 0 Å². The number of ketones is 1. The molecule has 6 nitrogen and oxygen atoms in total. The maximum absolute atomic E-state index is 13.4. The Hall–Kier alpha value is -4.06. The van der Waals surface area contributed by atoms with Crippen molar-refractivity contribution in [3.05, 3.63) is 86.9 Å². The Balaban J connectivity index is 1.44. The van der Waals surface area contributed by atoms with Crippen molar-refractivity contribution in [3.8, 4) is 17.0 Å². The number of hydrogen-bond acceptors (Lipinski definition) is 6. The van der Waals surface area contributed by atoms with E-state index in [9.17, 15) is 9.59 Å². The van der Waals surface area contributed by atoms with Gasteiger partial charge < -0.3 is 9.15 Å². The number of fused-ring (bicyclic) bond motifs is 7. The molecule has 4 heterocycles. The summed E-state index contributed by atoms with van der Waals surface area (Å²) in [6.07, 6.45) is 6.88. The summed E-state index contributed by atoms with van der Waals surface area (Å²) < 4.78 is 12.1. The maximum Gasteiger partial charge on any atom is 0.230 e. The number of carbonyl (C=O) groups excluding carboxylic acids is 1. The third-order valence-electron chi connectivity index (χ3n) is 7.01. The first-order valence-electron chi connectivity index (χ1n) is 11.4. The minimum Gasteiger partial charge on any atom is -0.468 e. The molecule has 0 spiro atoms. The van der Waals surface area contributed by atoms with E-state index in [0.29, 0.717) is 46.4 Å². The fraction of sp³-hybridized carbons (Fsp3) is 0.214. The third-order valence-corrected chi connectivity index (χ3v) is 7.01. The van der Waals surface area contributed by atoms with Crippen LogP contribution in [0.1, 0.15) is 34.2 Å². The lowest BCUT2D eigenvalue weighted by atomic mass is 9.83. The lowest BCUT2D eigenvalue weighted by molar-refractivity contribution is 0.0795. The van der Waals surface area contributed by atoms with Crippen LogP contribution >= 0.6 is 0 Å². The number of rotatable bonds is 0. The number of nitrogens with zero attached hydrogens (tertiary/aromatic N) is 2. The van der Waals surface area contributed by atoms with Crippen LogP contribution in [0.5, 0.6) is 5.88 Å². The fourth-order valence-corrected chi connectivity index (χ4v) is 5.26. The quantitative estimate of drug-likeness (QED) is 0.357. The zero-order valence-corrected chi connectivity index (χ0v) is 18.7. The van der Waals surface area contributed by atoms with Crippen LogP contribution in [0, 0.1) is 12.8 Å². The molecule has 4 aromatic rings. The SMILES string of the molecule is CC1=CC2C(=O)c3cc4c(nc3OC2C=C1)CCc1nc2oc3ccc(C)cc3c(=O)c2cc1-4. The number of allylic oxidation sites excluding steroid dienone is 2. The first-order chi connectivity index (χ1) is 16.5. The van der Waals surface area contributed by atoms with Gasteiger partial charge in [0.2, 0.25) is 17.0 Å². The monoisotopic (exact) mass is 448 g/mol. The van der Waals surface area contributed by atoms with Crippen molar-refractivity contribution in [2.45, 2.75) is 32.8 Å². The van der Waals surface area contributed by atoms with Gasteiger partial charge in [-0.25, -0.2) is 9.97 Å². The fourth-order valence-electron chi connectivity index (χ4n) is 5.26. The summed E-state index contributed by atoms with van der Waals surface area (Å²) in [5.41, 5.74) is 6.64. The highest BCUT2D eigenvalue weighted by atomic mass is 16.5. The van der Waals surface area contributed by atoms with Gasteiger partial charge in [0, 0.05) is 11.1 Å². The number of ether oxygens (including phenoxy) is 1. The molecule has 3 aromatic heterocycles. The highest BCUT2D eigenvalue weighted by Gasteiger charge is 2.38. The second-order valence-electron chi connectivity index (χ2n) is 9.34. The number of benzene rings is 1. The number of pyridine rings is 2.